The first-order valence-electron chi connectivity index (χ1n) is 7.90. The number of halogens is 2. The van der Waals surface area contributed by atoms with Gasteiger partial charge < -0.3 is 10.1 Å². The third-order valence-electron chi connectivity index (χ3n) is 5.13. The first kappa shape index (κ1) is 15.7. The minimum Gasteiger partial charge on any atom is -0.375 e. The first-order chi connectivity index (χ1) is 10.1. The molecule has 3 rings (SSSR count). The number of hydrogen-bond donors (Lipinski definition) is 1. The zero-order valence-corrected chi connectivity index (χ0v) is 14.7. The van der Waals surface area contributed by atoms with Crippen LogP contribution in [0.4, 0.5) is 4.39 Å². The minimum atomic E-state index is -0.155. The summed E-state index contributed by atoms with van der Waals surface area (Å²) in [5.41, 5.74) is 1.35. The van der Waals surface area contributed by atoms with Gasteiger partial charge in [-0.1, -0.05) is 18.9 Å². The van der Waals surface area contributed by atoms with Crippen LogP contribution in [0.5, 0.6) is 0 Å². The van der Waals surface area contributed by atoms with Crippen molar-refractivity contribution in [2.45, 2.75) is 50.2 Å². The van der Waals surface area contributed by atoms with E-state index < -0.39 is 0 Å². The highest BCUT2D eigenvalue weighted by molar-refractivity contribution is 14.1. The van der Waals surface area contributed by atoms with E-state index in [4.69, 9.17) is 4.74 Å². The van der Waals surface area contributed by atoms with Crippen LogP contribution in [-0.4, -0.2) is 19.3 Å². The Balaban J connectivity index is 1.82. The van der Waals surface area contributed by atoms with E-state index in [-0.39, 0.29) is 11.4 Å². The minimum absolute atomic E-state index is 0.128. The Morgan fingerprint density at radius 3 is 2.81 bits per heavy atom. The lowest BCUT2D eigenvalue weighted by Gasteiger charge is -2.41. The Morgan fingerprint density at radius 2 is 2.14 bits per heavy atom. The number of hydrogen-bond acceptors (Lipinski definition) is 2. The molecule has 1 N–H and O–H groups in total. The third-order valence-corrected chi connectivity index (χ3v) is 6.06. The zero-order valence-electron chi connectivity index (χ0n) is 12.5. The Kier molecular flexibility index (Phi) is 4.86. The molecule has 1 saturated carbocycles. The van der Waals surface area contributed by atoms with Crippen molar-refractivity contribution in [2.75, 3.05) is 13.7 Å². The molecule has 1 aromatic rings. The lowest BCUT2D eigenvalue weighted by atomic mass is 9.78. The van der Waals surface area contributed by atoms with E-state index in [0.717, 1.165) is 23.0 Å². The van der Waals surface area contributed by atoms with Crippen LogP contribution in [0.3, 0.4) is 0 Å². The molecule has 0 radical (unpaired) electrons. The Hall–Kier alpha value is -0.200. The zero-order chi connectivity index (χ0) is 14.9. The van der Waals surface area contributed by atoms with Crippen molar-refractivity contribution < 1.29 is 9.13 Å². The molecular formula is C17H23FINO. The SMILES string of the molecule is CNC(c1ccc(F)cc1I)C1CCOC2(CCCC2)C1. The molecule has 0 aromatic heterocycles. The van der Waals surface area contributed by atoms with Gasteiger partial charge in [0, 0.05) is 16.2 Å². The highest BCUT2D eigenvalue weighted by atomic mass is 127. The summed E-state index contributed by atoms with van der Waals surface area (Å²) in [6.45, 7) is 0.862. The summed E-state index contributed by atoms with van der Waals surface area (Å²) < 4.78 is 20.5. The molecule has 1 aromatic carbocycles. The quantitative estimate of drug-likeness (QED) is 0.755. The van der Waals surface area contributed by atoms with E-state index >= 15 is 0 Å². The van der Waals surface area contributed by atoms with E-state index in [0.29, 0.717) is 12.0 Å². The Morgan fingerprint density at radius 1 is 1.38 bits per heavy atom. The van der Waals surface area contributed by atoms with E-state index in [1.54, 1.807) is 12.1 Å². The second-order valence-corrected chi connectivity index (χ2v) is 7.59. The van der Waals surface area contributed by atoms with Crippen molar-refractivity contribution in [2.24, 2.45) is 5.92 Å². The van der Waals surface area contributed by atoms with Crippen molar-refractivity contribution in [3.63, 3.8) is 0 Å². The van der Waals surface area contributed by atoms with E-state index in [1.165, 1.54) is 31.2 Å². The molecule has 0 amide bonds. The monoisotopic (exact) mass is 403 g/mol. The van der Waals surface area contributed by atoms with Gasteiger partial charge in [-0.25, -0.2) is 4.39 Å². The number of benzene rings is 1. The summed E-state index contributed by atoms with van der Waals surface area (Å²) in [6.07, 6.45) is 7.23. The molecule has 2 atom stereocenters. The van der Waals surface area contributed by atoms with Crippen LogP contribution >= 0.6 is 22.6 Å². The summed E-state index contributed by atoms with van der Waals surface area (Å²) in [5.74, 6) is 0.415. The predicted octanol–water partition coefficient (Wildman–Crippen LogP) is 4.43. The van der Waals surface area contributed by atoms with Gasteiger partial charge in [-0.2, -0.15) is 0 Å². The van der Waals surface area contributed by atoms with E-state index in [1.807, 2.05) is 13.1 Å². The lowest BCUT2D eigenvalue weighted by molar-refractivity contribution is -0.0979. The maximum absolute atomic E-state index is 13.4. The van der Waals surface area contributed by atoms with Crippen LogP contribution < -0.4 is 5.32 Å². The summed E-state index contributed by atoms with van der Waals surface area (Å²) in [6, 6.07) is 5.44. The molecule has 21 heavy (non-hydrogen) atoms. The van der Waals surface area contributed by atoms with E-state index in [2.05, 4.69) is 27.9 Å². The second kappa shape index (κ2) is 6.50. The average molecular weight is 403 g/mol. The summed E-state index contributed by atoms with van der Waals surface area (Å²) in [5, 5.41) is 3.47. The van der Waals surface area contributed by atoms with Crippen molar-refractivity contribution in [1.82, 2.24) is 5.32 Å². The Bertz CT molecular complexity index is 502. The Labute approximate surface area is 140 Å². The average Bonchev–Trinajstić information content (AvgIpc) is 2.90. The fourth-order valence-electron chi connectivity index (χ4n) is 4.12. The van der Waals surface area contributed by atoms with Gasteiger partial charge in [0.2, 0.25) is 0 Å². The maximum Gasteiger partial charge on any atom is 0.124 e. The molecule has 1 heterocycles. The standard InChI is InChI=1S/C17H23FINO/c1-20-16(14-5-4-13(18)10-15(14)19)12-6-9-21-17(11-12)7-2-3-8-17/h4-5,10,12,16,20H,2-3,6-9,11H2,1H3. The molecule has 1 aliphatic heterocycles. The summed E-state index contributed by atoms with van der Waals surface area (Å²) in [7, 11) is 2.01. The first-order valence-corrected chi connectivity index (χ1v) is 8.98. The second-order valence-electron chi connectivity index (χ2n) is 6.42. The van der Waals surface area contributed by atoms with Crippen molar-refractivity contribution in [3.05, 3.63) is 33.1 Å². The lowest BCUT2D eigenvalue weighted by Crippen LogP contribution is -2.41. The molecule has 2 fully saturated rings. The van der Waals surface area contributed by atoms with Crippen LogP contribution in [0.25, 0.3) is 0 Å². The highest BCUT2D eigenvalue weighted by Crippen LogP contribution is 2.45. The number of nitrogens with one attached hydrogen (secondary N) is 1. The van der Waals surface area contributed by atoms with Crippen molar-refractivity contribution in [3.8, 4) is 0 Å². The molecule has 1 saturated heterocycles. The molecule has 1 spiro atoms. The highest BCUT2D eigenvalue weighted by Gasteiger charge is 2.42. The molecule has 116 valence electrons. The van der Waals surface area contributed by atoms with Crippen LogP contribution in [0.15, 0.2) is 18.2 Å². The molecule has 2 unspecified atom stereocenters. The molecule has 0 bridgehead atoms. The number of rotatable bonds is 3. The van der Waals surface area contributed by atoms with Gasteiger partial charge in [-0.3, -0.25) is 0 Å². The summed E-state index contributed by atoms with van der Waals surface area (Å²) in [4.78, 5) is 0. The fourth-order valence-corrected chi connectivity index (χ4v) is 4.93. The van der Waals surface area contributed by atoms with Gasteiger partial charge in [-0.05, 0) is 78.9 Å². The molecule has 2 aliphatic rings. The maximum atomic E-state index is 13.4. The number of ether oxygens (including phenoxy) is 1. The molecule has 1 aliphatic carbocycles. The van der Waals surface area contributed by atoms with Crippen LogP contribution in [0, 0.1) is 15.3 Å². The van der Waals surface area contributed by atoms with Gasteiger partial charge in [0.05, 0.1) is 5.60 Å². The van der Waals surface area contributed by atoms with Crippen LogP contribution in [0.1, 0.15) is 50.1 Å². The normalized spacial score (nSPS) is 26.1. The van der Waals surface area contributed by atoms with Crippen molar-refractivity contribution >= 4 is 22.6 Å². The van der Waals surface area contributed by atoms with E-state index in [9.17, 15) is 4.39 Å². The molecule has 4 heteroatoms. The van der Waals surface area contributed by atoms with Gasteiger partial charge in [0.1, 0.15) is 5.82 Å². The van der Waals surface area contributed by atoms with Crippen molar-refractivity contribution in [1.29, 1.82) is 0 Å². The topological polar surface area (TPSA) is 21.3 Å². The van der Waals surface area contributed by atoms with Gasteiger partial charge in [-0.15, -0.1) is 0 Å². The summed E-state index contributed by atoms with van der Waals surface area (Å²) >= 11 is 2.25. The molecule has 2 nitrogen and oxygen atoms in total. The van der Waals surface area contributed by atoms with Gasteiger partial charge in [0.25, 0.3) is 0 Å². The third kappa shape index (κ3) is 3.27. The predicted molar refractivity (Wildman–Crippen MR) is 90.8 cm³/mol. The fraction of sp³-hybridized carbons (Fsp3) is 0.647. The van der Waals surface area contributed by atoms with Gasteiger partial charge >= 0.3 is 0 Å². The van der Waals surface area contributed by atoms with Gasteiger partial charge in [0.15, 0.2) is 0 Å². The van der Waals surface area contributed by atoms with Crippen LogP contribution in [-0.2, 0) is 4.74 Å². The van der Waals surface area contributed by atoms with Crippen LogP contribution in [0.2, 0.25) is 0 Å². The molecular weight excluding hydrogens is 380 g/mol. The smallest absolute Gasteiger partial charge is 0.124 e. The largest absolute Gasteiger partial charge is 0.375 e.